The van der Waals surface area contributed by atoms with E-state index in [9.17, 15) is 4.79 Å². The SMILES string of the molecule is CCCN1CCC(C(C)NCC2CCC(=O)N2)CC1. The molecule has 4 nitrogen and oxygen atoms in total. The van der Waals surface area contributed by atoms with E-state index >= 15 is 0 Å². The van der Waals surface area contributed by atoms with Crippen LogP contribution in [0.1, 0.15) is 46.0 Å². The summed E-state index contributed by atoms with van der Waals surface area (Å²) in [6.07, 6.45) is 5.58. The van der Waals surface area contributed by atoms with Crippen LogP contribution < -0.4 is 10.6 Å². The zero-order chi connectivity index (χ0) is 13.7. The molecule has 2 aliphatic heterocycles. The Labute approximate surface area is 117 Å². The summed E-state index contributed by atoms with van der Waals surface area (Å²) in [6, 6.07) is 0.927. The number of likely N-dealkylation sites (tertiary alicyclic amines) is 1. The van der Waals surface area contributed by atoms with Crippen LogP contribution in [-0.4, -0.2) is 49.1 Å². The van der Waals surface area contributed by atoms with Crippen LogP contribution >= 0.6 is 0 Å². The normalized spacial score (nSPS) is 27.5. The van der Waals surface area contributed by atoms with Gasteiger partial charge >= 0.3 is 0 Å². The predicted molar refractivity (Wildman–Crippen MR) is 78.1 cm³/mol. The second kappa shape index (κ2) is 7.25. The summed E-state index contributed by atoms with van der Waals surface area (Å²) in [6.45, 7) is 9.25. The zero-order valence-corrected chi connectivity index (χ0v) is 12.5. The fraction of sp³-hybridized carbons (Fsp3) is 0.933. The van der Waals surface area contributed by atoms with Crippen molar-refractivity contribution in [2.24, 2.45) is 5.92 Å². The first kappa shape index (κ1) is 14.8. The number of carbonyl (C=O) groups excluding carboxylic acids is 1. The smallest absolute Gasteiger partial charge is 0.220 e. The first-order valence-electron chi connectivity index (χ1n) is 7.94. The molecule has 2 aliphatic rings. The van der Waals surface area contributed by atoms with E-state index < -0.39 is 0 Å². The molecule has 0 radical (unpaired) electrons. The second-order valence-electron chi connectivity index (χ2n) is 6.18. The van der Waals surface area contributed by atoms with Gasteiger partial charge in [-0.2, -0.15) is 0 Å². The summed E-state index contributed by atoms with van der Waals surface area (Å²) in [7, 11) is 0. The third kappa shape index (κ3) is 4.46. The molecule has 19 heavy (non-hydrogen) atoms. The lowest BCUT2D eigenvalue weighted by Gasteiger charge is -2.35. The maximum Gasteiger partial charge on any atom is 0.220 e. The van der Waals surface area contributed by atoms with Crippen LogP contribution in [-0.2, 0) is 4.79 Å². The summed E-state index contributed by atoms with van der Waals surface area (Å²) in [5.41, 5.74) is 0. The van der Waals surface area contributed by atoms with Gasteiger partial charge in [-0.05, 0) is 58.2 Å². The van der Waals surface area contributed by atoms with Gasteiger partial charge in [0.1, 0.15) is 0 Å². The van der Waals surface area contributed by atoms with Crippen LogP contribution in [0.4, 0.5) is 0 Å². The molecule has 0 aromatic rings. The Morgan fingerprint density at radius 1 is 1.37 bits per heavy atom. The molecule has 2 heterocycles. The van der Waals surface area contributed by atoms with Crippen molar-refractivity contribution >= 4 is 5.91 Å². The molecule has 0 spiro atoms. The Balaban J connectivity index is 1.64. The summed E-state index contributed by atoms with van der Waals surface area (Å²) >= 11 is 0. The maximum absolute atomic E-state index is 11.2. The van der Waals surface area contributed by atoms with E-state index in [1.807, 2.05) is 0 Å². The Bertz CT molecular complexity index is 287. The van der Waals surface area contributed by atoms with Gasteiger partial charge in [0, 0.05) is 25.0 Å². The molecule has 0 aromatic carbocycles. The highest BCUT2D eigenvalue weighted by molar-refractivity contribution is 5.78. The van der Waals surface area contributed by atoms with Crippen LogP contribution in [0.15, 0.2) is 0 Å². The zero-order valence-electron chi connectivity index (χ0n) is 12.5. The standard InChI is InChI=1S/C15H29N3O/c1-3-8-18-9-6-13(7-10-18)12(2)16-11-14-4-5-15(19)17-14/h12-14,16H,3-11H2,1-2H3,(H,17,19). The van der Waals surface area contributed by atoms with Gasteiger partial charge < -0.3 is 15.5 Å². The van der Waals surface area contributed by atoms with Crippen molar-refractivity contribution in [3.8, 4) is 0 Å². The monoisotopic (exact) mass is 267 g/mol. The lowest BCUT2D eigenvalue weighted by atomic mass is 9.90. The van der Waals surface area contributed by atoms with Crippen molar-refractivity contribution in [2.75, 3.05) is 26.2 Å². The minimum Gasteiger partial charge on any atom is -0.352 e. The lowest BCUT2D eigenvalue weighted by molar-refractivity contribution is -0.119. The van der Waals surface area contributed by atoms with E-state index in [0.29, 0.717) is 18.5 Å². The van der Waals surface area contributed by atoms with E-state index in [1.54, 1.807) is 0 Å². The van der Waals surface area contributed by atoms with Crippen molar-refractivity contribution in [1.29, 1.82) is 0 Å². The van der Waals surface area contributed by atoms with E-state index in [4.69, 9.17) is 0 Å². The topological polar surface area (TPSA) is 44.4 Å². The largest absolute Gasteiger partial charge is 0.352 e. The predicted octanol–water partition coefficient (Wildman–Crippen LogP) is 1.37. The van der Waals surface area contributed by atoms with Gasteiger partial charge in [0.15, 0.2) is 0 Å². The summed E-state index contributed by atoms with van der Waals surface area (Å²) in [4.78, 5) is 13.7. The minimum atomic E-state index is 0.215. The van der Waals surface area contributed by atoms with Crippen molar-refractivity contribution in [1.82, 2.24) is 15.5 Å². The second-order valence-corrected chi connectivity index (χ2v) is 6.18. The number of carbonyl (C=O) groups is 1. The third-order valence-electron chi connectivity index (χ3n) is 4.65. The highest BCUT2D eigenvalue weighted by atomic mass is 16.1. The Morgan fingerprint density at radius 2 is 2.11 bits per heavy atom. The molecule has 0 bridgehead atoms. The van der Waals surface area contributed by atoms with Crippen molar-refractivity contribution in [2.45, 2.75) is 58.0 Å². The maximum atomic E-state index is 11.2. The molecule has 2 unspecified atom stereocenters. The molecular formula is C15H29N3O. The van der Waals surface area contributed by atoms with Gasteiger partial charge in [0.25, 0.3) is 0 Å². The molecule has 2 atom stereocenters. The van der Waals surface area contributed by atoms with E-state index in [2.05, 4.69) is 29.4 Å². The van der Waals surface area contributed by atoms with Gasteiger partial charge in [-0.25, -0.2) is 0 Å². The highest BCUT2D eigenvalue weighted by Crippen LogP contribution is 2.20. The number of rotatable bonds is 6. The van der Waals surface area contributed by atoms with Crippen molar-refractivity contribution < 1.29 is 4.79 Å². The lowest BCUT2D eigenvalue weighted by Crippen LogP contribution is -2.45. The average Bonchev–Trinajstić information content (AvgIpc) is 2.83. The Kier molecular flexibility index (Phi) is 5.64. The first-order valence-corrected chi connectivity index (χ1v) is 7.94. The number of nitrogens with zero attached hydrogens (tertiary/aromatic N) is 1. The van der Waals surface area contributed by atoms with E-state index in [1.165, 1.54) is 38.9 Å². The number of piperidine rings is 1. The van der Waals surface area contributed by atoms with Gasteiger partial charge in [-0.15, -0.1) is 0 Å². The van der Waals surface area contributed by atoms with Gasteiger partial charge in [0.05, 0.1) is 0 Å². The van der Waals surface area contributed by atoms with Crippen LogP contribution in [0.3, 0.4) is 0 Å². The quantitative estimate of drug-likeness (QED) is 0.764. The van der Waals surface area contributed by atoms with Crippen molar-refractivity contribution in [3.63, 3.8) is 0 Å². The first-order chi connectivity index (χ1) is 9.19. The molecule has 0 aliphatic carbocycles. The molecule has 0 aromatic heterocycles. The highest BCUT2D eigenvalue weighted by Gasteiger charge is 2.25. The summed E-state index contributed by atoms with van der Waals surface area (Å²) in [5.74, 6) is 1.01. The van der Waals surface area contributed by atoms with Gasteiger partial charge in [-0.3, -0.25) is 4.79 Å². The summed E-state index contributed by atoms with van der Waals surface area (Å²) < 4.78 is 0. The number of hydrogen-bond acceptors (Lipinski definition) is 3. The Morgan fingerprint density at radius 3 is 2.68 bits per heavy atom. The summed E-state index contributed by atoms with van der Waals surface area (Å²) in [5, 5.41) is 6.65. The fourth-order valence-corrected chi connectivity index (χ4v) is 3.32. The molecule has 110 valence electrons. The molecule has 1 amide bonds. The van der Waals surface area contributed by atoms with Gasteiger partial charge in [0.2, 0.25) is 5.91 Å². The van der Waals surface area contributed by atoms with E-state index in [-0.39, 0.29) is 5.91 Å². The molecule has 2 fully saturated rings. The van der Waals surface area contributed by atoms with Gasteiger partial charge in [-0.1, -0.05) is 6.92 Å². The molecule has 4 heteroatoms. The molecule has 2 rings (SSSR count). The molecular weight excluding hydrogens is 238 g/mol. The minimum absolute atomic E-state index is 0.215. The number of nitrogens with one attached hydrogen (secondary N) is 2. The van der Waals surface area contributed by atoms with E-state index in [0.717, 1.165) is 18.9 Å². The fourth-order valence-electron chi connectivity index (χ4n) is 3.32. The van der Waals surface area contributed by atoms with Crippen LogP contribution in [0.2, 0.25) is 0 Å². The van der Waals surface area contributed by atoms with Crippen LogP contribution in [0.5, 0.6) is 0 Å². The number of amides is 1. The molecule has 2 saturated heterocycles. The van der Waals surface area contributed by atoms with Crippen molar-refractivity contribution in [3.05, 3.63) is 0 Å². The van der Waals surface area contributed by atoms with Crippen LogP contribution in [0.25, 0.3) is 0 Å². The Hall–Kier alpha value is -0.610. The molecule has 0 saturated carbocycles. The average molecular weight is 267 g/mol. The van der Waals surface area contributed by atoms with Crippen LogP contribution in [0, 0.1) is 5.92 Å². The molecule has 2 N–H and O–H groups in total. The third-order valence-corrected chi connectivity index (χ3v) is 4.65. The number of hydrogen-bond donors (Lipinski definition) is 2.